The number of nitrogens with zero attached hydrogens (tertiary/aromatic N) is 1. The number of thiophene rings is 1. The highest BCUT2D eigenvalue weighted by Gasteiger charge is 2.12. The van der Waals surface area contributed by atoms with E-state index >= 15 is 0 Å². The van der Waals surface area contributed by atoms with Gasteiger partial charge in [0.05, 0.1) is 13.3 Å². The summed E-state index contributed by atoms with van der Waals surface area (Å²) in [5.74, 6) is 0.619. The van der Waals surface area contributed by atoms with Gasteiger partial charge in [0.1, 0.15) is 9.96 Å². The molecule has 0 aliphatic carbocycles. The standard InChI is InChI=1S/C10H10N2O3S2/c1-15-8-4-7(5-12-6-8)9-2-3-10(16-9)17(11,13)14/h2-6H,1H3,(H2,11,13,14). The molecule has 17 heavy (non-hydrogen) atoms. The lowest BCUT2D eigenvalue weighted by molar-refractivity contribution is 0.413. The Labute approximate surface area is 103 Å². The third-order valence-electron chi connectivity index (χ3n) is 2.10. The zero-order chi connectivity index (χ0) is 12.5. The second-order valence-electron chi connectivity index (χ2n) is 3.28. The number of ether oxygens (including phenoxy) is 1. The summed E-state index contributed by atoms with van der Waals surface area (Å²) < 4.78 is 27.5. The van der Waals surface area contributed by atoms with Crippen LogP contribution in [-0.2, 0) is 10.0 Å². The maximum Gasteiger partial charge on any atom is 0.247 e. The van der Waals surface area contributed by atoms with Crippen LogP contribution in [0.4, 0.5) is 0 Å². The van der Waals surface area contributed by atoms with Crippen molar-refractivity contribution in [3.8, 4) is 16.2 Å². The summed E-state index contributed by atoms with van der Waals surface area (Å²) in [5, 5.41) is 5.05. The first-order valence-corrected chi connectivity index (χ1v) is 6.99. The summed E-state index contributed by atoms with van der Waals surface area (Å²) in [6.45, 7) is 0. The van der Waals surface area contributed by atoms with Gasteiger partial charge in [0, 0.05) is 16.6 Å². The molecule has 0 unspecified atom stereocenters. The Hall–Kier alpha value is -1.44. The molecular weight excluding hydrogens is 260 g/mol. The molecule has 2 aromatic heterocycles. The van der Waals surface area contributed by atoms with Crippen LogP contribution in [0.15, 0.2) is 34.8 Å². The minimum atomic E-state index is -3.64. The van der Waals surface area contributed by atoms with Gasteiger partial charge in [0.25, 0.3) is 0 Å². The Balaban J connectivity index is 2.43. The fourth-order valence-electron chi connectivity index (χ4n) is 1.29. The van der Waals surface area contributed by atoms with Crippen LogP contribution in [0.1, 0.15) is 0 Å². The van der Waals surface area contributed by atoms with Crippen molar-refractivity contribution >= 4 is 21.4 Å². The number of hydrogen-bond donors (Lipinski definition) is 1. The SMILES string of the molecule is COc1cncc(-c2ccc(S(N)(=O)=O)s2)c1. The number of aromatic nitrogens is 1. The lowest BCUT2D eigenvalue weighted by Gasteiger charge is -2.00. The van der Waals surface area contributed by atoms with Gasteiger partial charge in [0.15, 0.2) is 0 Å². The Morgan fingerprint density at radius 2 is 2.12 bits per heavy atom. The number of rotatable bonds is 3. The number of hydrogen-bond acceptors (Lipinski definition) is 5. The average Bonchev–Trinajstić information content (AvgIpc) is 2.78. The minimum Gasteiger partial charge on any atom is -0.495 e. The van der Waals surface area contributed by atoms with E-state index in [1.54, 1.807) is 31.6 Å². The van der Waals surface area contributed by atoms with Crippen molar-refractivity contribution in [1.82, 2.24) is 4.98 Å². The summed E-state index contributed by atoms with van der Waals surface area (Å²) in [5.41, 5.74) is 0.796. The third kappa shape index (κ3) is 2.63. The van der Waals surface area contributed by atoms with Crippen molar-refractivity contribution in [2.75, 3.05) is 7.11 Å². The van der Waals surface area contributed by atoms with Crippen LogP contribution in [0, 0.1) is 0 Å². The average molecular weight is 270 g/mol. The molecule has 0 fully saturated rings. The molecule has 0 atom stereocenters. The van der Waals surface area contributed by atoms with Crippen molar-refractivity contribution in [3.05, 3.63) is 30.6 Å². The zero-order valence-electron chi connectivity index (χ0n) is 8.95. The molecule has 0 saturated heterocycles. The third-order valence-corrected chi connectivity index (χ3v) is 4.67. The fraction of sp³-hybridized carbons (Fsp3) is 0.100. The van der Waals surface area contributed by atoms with Gasteiger partial charge in [0.2, 0.25) is 10.0 Å². The molecule has 0 aromatic carbocycles. The van der Waals surface area contributed by atoms with Crippen LogP contribution < -0.4 is 9.88 Å². The Bertz CT molecular complexity index is 635. The molecule has 0 aliphatic rings. The van der Waals surface area contributed by atoms with Crippen LogP contribution in [0.25, 0.3) is 10.4 Å². The van der Waals surface area contributed by atoms with Crippen molar-refractivity contribution in [1.29, 1.82) is 0 Å². The van der Waals surface area contributed by atoms with Gasteiger partial charge < -0.3 is 4.74 Å². The Morgan fingerprint density at radius 3 is 2.71 bits per heavy atom. The van der Waals surface area contributed by atoms with Crippen LogP contribution in [0.2, 0.25) is 0 Å². The van der Waals surface area contributed by atoms with E-state index in [0.717, 1.165) is 21.8 Å². The first kappa shape index (κ1) is 12.0. The molecule has 0 amide bonds. The maximum atomic E-state index is 11.1. The smallest absolute Gasteiger partial charge is 0.247 e. The predicted octanol–water partition coefficient (Wildman–Crippen LogP) is 1.47. The summed E-state index contributed by atoms with van der Waals surface area (Å²) >= 11 is 1.10. The molecule has 5 nitrogen and oxygen atoms in total. The highest BCUT2D eigenvalue weighted by Crippen LogP contribution is 2.31. The van der Waals surface area contributed by atoms with E-state index < -0.39 is 10.0 Å². The highest BCUT2D eigenvalue weighted by atomic mass is 32.2. The largest absolute Gasteiger partial charge is 0.495 e. The summed E-state index contributed by atoms with van der Waals surface area (Å²) in [6.07, 6.45) is 3.22. The highest BCUT2D eigenvalue weighted by molar-refractivity contribution is 7.91. The van der Waals surface area contributed by atoms with Crippen LogP contribution >= 0.6 is 11.3 Å². The summed E-state index contributed by atoms with van der Waals surface area (Å²) in [6, 6.07) is 4.96. The molecule has 2 aromatic rings. The van der Waals surface area contributed by atoms with Gasteiger partial charge in [-0.25, -0.2) is 13.6 Å². The van der Waals surface area contributed by atoms with E-state index in [0.29, 0.717) is 5.75 Å². The quantitative estimate of drug-likeness (QED) is 0.915. The molecule has 7 heteroatoms. The second kappa shape index (κ2) is 4.44. The minimum absolute atomic E-state index is 0.135. The molecular formula is C10H10N2O3S2. The van der Waals surface area contributed by atoms with E-state index in [1.807, 2.05) is 0 Å². The second-order valence-corrected chi connectivity index (χ2v) is 6.15. The van der Waals surface area contributed by atoms with E-state index in [1.165, 1.54) is 6.07 Å². The molecule has 2 N–H and O–H groups in total. The van der Waals surface area contributed by atoms with Crippen LogP contribution in [-0.4, -0.2) is 20.5 Å². The number of nitrogens with two attached hydrogens (primary N) is 1. The monoisotopic (exact) mass is 270 g/mol. The Morgan fingerprint density at radius 1 is 1.35 bits per heavy atom. The molecule has 0 bridgehead atoms. The van der Waals surface area contributed by atoms with Gasteiger partial charge in [-0.05, 0) is 18.2 Å². The van der Waals surface area contributed by atoms with Crippen LogP contribution in [0.5, 0.6) is 5.75 Å². The molecule has 90 valence electrons. The molecule has 0 saturated carbocycles. The van der Waals surface area contributed by atoms with Crippen LogP contribution in [0.3, 0.4) is 0 Å². The molecule has 0 radical (unpaired) electrons. The molecule has 0 spiro atoms. The van der Waals surface area contributed by atoms with Gasteiger partial charge in [-0.15, -0.1) is 11.3 Å². The van der Waals surface area contributed by atoms with Crippen molar-refractivity contribution < 1.29 is 13.2 Å². The van der Waals surface area contributed by atoms with Crippen molar-refractivity contribution in [2.45, 2.75) is 4.21 Å². The van der Waals surface area contributed by atoms with Gasteiger partial charge >= 0.3 is 0 Å². The van der Waals surface area contributed by atoms with E-state index in [-0.39, 0.29) is 4.21 Å². The zero-order valence-corrected chi connectivity index (χ0v) is 10.6. The predicted molar refractivity (Wildman–Crippen MR) is 65.5 cm³/mol. The lowest BCUT2D eigenvalue weighted by atomic mass is 10.2. The Kier molecular flexibility index (Phi) is 3.14. The van der Waals surface area contributed by atoms with E-state index in [2.05, 4.69) is 4.98 Å². The summed E-state index contributed by atoms with van der Waals surface area (Å²) in [4.78, 5) is 4.78. The number of pyridine rings is 1. The molecule has 2 heterocycles. The van der Waals surface area contributed by atoms with Gasteiger partial charge in [-0.2, -0.15) is 0 Å². The van der Waals surface area contributed by atoms with Crippen molar-refractivity contribution in [2.24, 2.45) is 5.14 Å². The lowest BCUT2D eigenvalue weighted by Crippen LogP contribution is -2.09. The normalized spacial score (nSPS) is 11.4. The van der Waals surface area contributed by atoms with E-state index in [9.17, 15) is 8.42 Å². The molecule has 2 rings (SSSR count). The maximum absolute atomic E-state index is 11.1. The number of methoxy groups -OCH3 is 1. The molecule has 0 aliphatic heterocycles. The topological polar surface area (TPSA) is 82.3 Å². The van der Waals surface area contributed by atoms with Crippen molar-refractivity contribution in [3.63, 3.8) is 0 Å². The van der Waals surface area contributed by atoms with E-state index in [4.69, 9.17) is 9.88 Å². The number of sulfonamides is 1. The fourth-order valence-corrected chi connectivity index (χ4v) is 3.00. The van der Waals surface area contributed by atoms with Gasteiger partial charge in [-0.1, -0.05) is 0 Å². The first-order valence-electron chi connectivity index (χ1n) is 4.63. The number of primary sulfonamides is 1. The first-order chi connectivity index (χ1) is 8.00. The van der Waals surface area contributed by atoms with Gasteiger partial charge in [-0.3, -0.25) is 4.98 Å². The summed E-state index contributed by atoms with van der Waals surface area (Å²) in [7, 11) is -2.09.